The van der Waals surface area contributed by atoms with Gasteiger partial charge < -0.3 is 30.4 Å². The molecule has 0 saturated heterocycles. The van der Waals surface area contributed by atoms with Gasteiger partial charge in [-0.2, -0.15) is 0 Å². The number of allylic oxidation sites excluding steroid dienone is 1. The molecule has 0 spiro atoms. The number of methoxy groups -OCH3 is 1. The van der Waals surface area contributed by atoms with Gasteiger partial charge in [-0.3, -0.25) is 4.90 Å². The van der Waals surface area contributed by atoms with Crippen molar-refractivity contribution in [1.82, 2.24) is 19.7 Å². The van der Waals surface area contributed by atoms with Crippen LogP contribution in [0.2, 0.25) is 0 Å². The monoisotopic (exact) mass is 450 g/mol. The maximum Gasteiger partial charge on any atom is 0.205 e. The smallest absolute Gasteiger partial charge is 0.205 e. The molecule has 1 aromatic heterocycles. The van der Waals surface area contributed by atoms with Gasteiger partial charge in [0.2, 0.25) is 5.96 Å². The minimum Gasteiger partial charge on any atom is -0.492 e. The lowest BCUT2D eigenvalue weighted by Crippen LogP contribution is -2.46. The Hall–Kier alpha value is -3.79. The van der Waals surface area contributed by atoms with Crippen LogP contribution < -0.4 is 21.1 Å². The van der Waals surface area contributed by atoms with Crippen molar-refractivity contribution < 1.29 is 9.47 Å². The highest BCUT2D eigenvalue weighted by Gasteiger charge is 2.32. The summed E-state index contributed by atoms with van der Waals surface area (Å²) in [7, 11) is 3.58. The number of aromatic nitrogens is 3. The molecule has 10 heteroatoms. The third kappa shape index (κ3) is 4.17. The summed E-state index contributed by atoms with van der Waals surface area (Å²) in [4.78, 5) is 8.18. The zero-order chi connectivity index (χ0) is 23.8. The molecule has 33 heavy (non-hydrogen) atoms. The summed E-state index contributed by atoms with van der Waals surface area (Å²) in [5, 5.41) is 8.18. The van der Waals surface area contributed by atoms with Gasteiger partial charge in [0.15, 0.2) is 5.82 Å². The Bertz CT molecular complexity index is 1170. The number of hydrogen-bond donors (Lipinski definition) is 2. The molecule has 0 radical (unpaired) electrons. The van der Waals surface area contributed by atoms with Crippen molar-refractivity contribution in [3.05, 3.63) is 60.1 Å². The van der Waals surface area contributed by atoms with Crippen LogP contribution in [-0.2, 0) is 11.8 Å². The number of aryl methyl sites for hydroxylation is 1. The second-order valence-electron chi connectivity index (χ2n) is 8.43. The average Bonchev–Trinajstić information content (AvgIpc) is 3.22. The van der Waals surface area contributed by atoms with Crippen LogP contribution in [0.3, 0.4) is 0 Å². The molecule has 0 fully saturated rings. The molecule has 174 valence electrons. The number of guanidine groups is 1. The number of nitrogens with two attached hydrogens (primary N) is 2. The summed E-state index contributed by atoms with van der Waals surface area (Å²) < 4.78 is 13.5. The average molecular weight is 451 g/mol. The first-order valence-electron chi connectivity index (χ1n) is 10.7. The molecule has 1 aromatic carbocycles. The zero-order valence-corrected chi connectivity index (χ0v) is 19.6. The van der Waals surface area contributed by atoms with E-state index in [2.05, 4.69) is 15.2 Å². The van der Waals surface area contributed by atoms with E-state index in [4.69, 9.17) is 20.9 Å². The quantitative estimate of drug-likeness (QED) is 0.659. The van der Waals surface area contributed by atoms with Gasteiger partial charge in [0.25, 0.3) is 0 Å². The Morgan fingerprint density at radius 2 is 1.97 bits per heavy atom. The van der Waals surface area contributed by atoms with Crippen LogP contribution >= 0.6 is 0 Å². The van der Waals surface area contributed by atoms with Gasteiger partial charge in [-0.05, 0) is 45.0 Å². The molecule has 0 aliphatic carbocycles. The fourth-order valence-corrected chi connectivity index (χ4v) is 3.78. The SMILES string of the molecule is CCOc1cc(-c2nncn2C)ccc1N1C(N)=NC=C2C=CN(CC(C)(C)OC)C(N)=C21. The van der Waals surface area contributed by atoms with E-state index in [1.165, 1.54) is 0 Å². The highest BCUT2D eigenvalue weighted by Crippen LogP contribution is 2.39. The van der Waals surface area contributed by atoms with Crippen LogP contribution in [0.5, 0.6) is 5.75 Å². The van der Waals surface area contributed by atoms with E-state index >= 15 is 0 Å². The van der Waals surface area contributed by atoms with E-state index in [1.54, 1.807) is 19.6 Å². The lowest BCUT2D eigenvalue weighted by atomic mass is 10.0. The Kier molecular flexibility index (Phi) is 5.86. The predicted octanol–water partition coefficient (Wildman–Crippen LogP) is 2.28. The maximum absolute atomic E-state index is 6.68. The van der Waals surface area contributed by atoms with Crippen molar-refractivity contribution in [3.63, 3.8) is 0 Å². The lowest BCUT2D eigenvalue weighted by molar-refractivity contribution is 0.00703. The van der Waals surface area contributed by atoms with E-state index in [9.17, 15) is 0 Å². The molecule has 3 heterocycles. The van der Waals surface area contributed by atoms with E-state index in [-0.39, 0.29) is 0 Å². The molecule has 4 N–H and O–H groups in total. The van der Waals surface area contributed by atoms with Gasteiger partial charge in [-0.1, -0.05) is 0 Å². The summed E-state index contributed by atoms with van der Waals surface area (Å²) in [6.45, 7) is 7.00. The minimum absolute atomic E-state index is 0.297. The van der Waals surface area contributed by atoms with E-state index < -0.39 is 5.60 Å². The van der Waals surface area contributed by atoms with Gasteiger partial charge in [-0.15, -0.1) is 10.2 Å². The Morgan fingerprint density at radius 1 is 1.18 bits per heavy atom. The third-order valence-corrected chi connectivity index (χ3v) is 5.62. The molecule has 4 rings (SSSR count). The normalized spacial score (nSPS) is 16.0. The van der Waals surface area contributed by atoms with Gasteiger partial charge in [0, 0.05) is 37.7 Å². The van der Waals surface area contributed by atoms with Crippen molar-refractivity contribution >= 4 is 11.6 Å². The maximum atomic E-state index is 6.68. The molecular formula is C23H30N8O2. The van der Waals surface area contributed by atoms with Crippen molar-refractivity contribution in [2.75, 3.05) is 25.2 Å². The van der Waals surface area contributed by atoms with Crippen LogP contribution in [0.1, 0.15) is 20.8 Å². The van der Waals surface area contributed by atoms with E-state index in [0.29, 0.717) is 30.7 Å². The minimum atomic E-state index is -0.399. The first-order valence-corrected chi connectivity index (χ1v) is 10.7. The van der Waals surface area contributed by atoms with Crippen LogP contribution in [0.25, 0.3) is 11.4 Å². The van der Waals surface area contributed by atoms with Crippen molar-refractivity contribution in [1.29, 1.82) is 0 Å². The molecule has 0 atom stereocenters. The molecule has 0 saturated carbocycles. The summed E-state index contributed by atoms with van der Waals surface area (Å²) >= 11 is 0. The molecule has 10 nitrogen and oxygen atoms in total. The highest BCUT2D eigenvalue weighted by molar-refractivity contribution is 6.02. The summed E-state index contributed by atoms with van der Waals surface area (Å²) in [6.07, 6.45) is 7.28. The second kappa shape index (κ2) is 8.62. The van der Waals surface area contributed by atoms with Gasteiger partial charge in [-0.25, -0.2) is 4.99 Å². The zero-order valence-electron chi connectivity index (χ0n) is 19.6. The number of anilines is 1. The van der Waals surface area contributed by atoms with Crippen LogP contribution in [0.15, 0.2) is 65.1 Å². The Labute approximate surface area is 193 Å². The summed E-state index contributed by atoms with van der Waals surface area (Å²) in [5.74, 6) is 2.21. The fourth-order valence-electron chi connectivity index (χ4n) is 3.78. The largest absolute Gasteiger partial charge is 0.492 e. The van der Waals surface area contributed by atoms with Crippen LogP contribution in [0.4, 0.5) is 5.69 Å². The molecule has 2 aromatic rings. The Balaban J connectivity index is 1.81. The number of benzene rings is 1. The highest BCUT2D eigenvalue weighted by atomic mass is 16.5. The fraction of sp³-hybridized carbons (Fsp3) is 0.348. The van der Waals surface area contributed by atoms with Crippen LogP contribution in [0, 0.1) is 0 Å². The second-order valence-corrected chi connectivity index (χ2v) is 8.43. The van der Waals surface area contributed by atoms with Gasteiger partial charge in [0.1, 0.15) is 17.9 Å². The van der Waals surface area contributed by atoms with Crippen LogP contribution in [-0.4, -0.2) is 51.5 Å². The summed E-state index contributed by atoms with van der Waals surface area (Å²) in [6, 6.07) is 5.81. The Morgan fingerprint density at radius 3 is 2.64 bits per heavy atom. The van der Waals surface area contributed by atoms with Crippen molar-refractivity contribution in [2.24, 2.45) is 23.5 Å². The molecule has 0 amide bonds. The predicted molar refractivity (Wildman–Crippen MR) is 128 cm³/mol. The lowest BCUT2D eigenvalue weighted by Gasteiger charge is -2.38. The topological polar surface area (TPSA) is 120 Å². The third-order valence-electron chi connectivity index (χ3n) is 5.62. The molecule has 0 unspecified atom stereocenters. The van der Waals surface area contributed by atoms with Crippen molar-refractivity contribution in [3.8, 4) is 17.1 Å². The first-order chi connectivity index (χ1) is 15.8. The van der Waals surface area contributed by atoms with E-state index in [1.807, 2.05) is 72.7 Å². The number of fused-ring (bicyclic) bond motifs is 1. The number of nitrogens with zero attached hydrogens (tertiary/aromatic N) is 6. The molecule has 2 aliphatic rings. The molecular weight excluding hydrogens is 420 g/mol. The number of aliphatic imine (C=N–C) groups is 1. The summed E-state index contributed by atoms with van der Waals surface area (Å²) in [5.41, 5.74) is 15.9. The number of rotatable bonds is 7. The molecule has 2 aliphatic heterocycles. The number of ether oxygens (including phenoxy) is 2. The first kappa shape index (κ1) is 22.4. The van der Waals surface area contributed by atoms with Gasteiger partial charge in [0.05, 0.1) is 30.1 Å². The molecule has 0 bridgehead atoms. The van der Waals surface area contributed by atoms with Gasteiger partial charge >= 0.3 is 0 Å². The standard InChI is InChI=1S/C23H30N8O2/c1-6-33-18-11-15(21-28-27-14-29(21)4)7-8-17(18)31-19-16(12-26-22(31)25)9-10-30(20(19)24)13-23(2,3)32-5/h7-12,14H,6,13,24H2,1-5H3,(H2,25,26). The van der Waals surface area contributed by atoms with E-state index in [0.717, 1.165) is 28.3 Å². The van der Waals surface area contributed by atoms with Crippen molar-refractivity contribution in [2.45, 2.75) is 26.4 Å². The number of hydrogen-bond acceptors (Lipinski definition) is 9.